The number of benzene rings is 2. The largest absolute Gasteiger partial charge is 0.423 e. The Bertz CT molecular complexity index is 1250. The average Bonchev–Trinajstić information content (AvgIpc) is 3.03. The number of fused-ring (bicyclic) bond motifs is 3. The van der Waals surface area contributed by atoms with Gasteiger partial charge in [-0.15, -0.1) is 10.2 Å². The summed E-state index contributed by atoms with van der Waals surface area (Å²) in [6.07, 6.45) is 0.675. The molecule has 0 bridgehead atoms. The summed E-state index contributed by atoms with van der Waals surface area (Å²) in [4.78, 5) is 23.0. The zero-order valence-electron chi connectivity index (χ0n) is 15.2. The van der Waals surface area contributed by atoms with Crippen molar-refractivity contribution in [2.45, 2.75) is 23.8 Å². The molecule has 1 amide bonds. The van der Waals surface area contributed by atoms with E-state index in [-0.39, 0.29) is 18.0 Å². The molecule has 2 N–H and O–H groups in total. The zero-order valence-corrected chi connectivity index (χ0v) is 16.0. The third-order valence-corrected chi connectivity index (χ3v) is 5.66. The van der Waals surface area contributed by atoms with Gasteiger partial charge in [-0.2, -0.15) is 0 Å². The monoisotopic (exact) mass is 394 g/mol. The van der Waals surface area contributed by atoms with Crippen LogP contribution < -0.4 is 11.4 Å². The summed E-state index contributed by atoms with van der Waals surface area (Å²) in [5.41, 5.74) is 6.28. The lowest BCUT2D eigenvalue weighted by atomic mass is 10.0. The SMILES string of the molecule is Cn1c(CCC(N)=O)nnc1SCc1cc(=O)oc2ccc3ccccc3c12. The molecule has 0 unspecified atom stereocenters. The maximum atomic E-state index is 12.0. The summed E-state index contributed by atoms with van der Waals surface area (Å²) in [7, 11) is 1.85. The van der Waals surface area contributed by atoms with Crippen LogP contribution in [0.3, 0.4) is 0 Å². The molecule has 2 heterocycles. The Morgan fingerprint density at radius 3 is 2.86 bits per heavy atom. The van der Waals surface area contributed by atoms with Crippen LogP contribution in [-0.2, 0) is 24.0 Å². The zero-order chi connectivity index (χ0) is 19.7. The van der Waals surface area contributed by atoms with Crippen LogP contribution in [0.1, 0.15) is 17.8 Å². The fourth-order valence-corrected chi connectivity index (χ4v) is 4.11. The molecule has 4 rings (SSSR count). The lowest BCUT2D eigenvalue weighted by molar-refractivity contribution is -0.118. The molecule has 0 aliphatic rings. The number of primary amides is 1. The highest BCUT2D eigenvalue weighted by Gasteiger charge is 2.14. The predicted octanol–water partition coefficient (Wildman–Crippen LogP) is 2.78. The van der Waals surface area contributed by atoms with Crippen molar-refractivity contribution in [1.29, 1.82) is 0 Å². The van der Waals surface area contributed by atoms with Crippen LogP contribution in [-0.4, -0.2) is 20.7 Å². The number of aryl methyl sites for hydroxylation is 1. The second kappa shape index (κ2) is 7.47. The minimum atomic E-state index is -0.376. The van der Waals surface area contributed by atoms with E-state index in [2.05, 4.69) is 10.2 Å². The Hall–Kier alpha value is -3.13. The third kappa shape index (κ3) is 3.50. The maximum absolute atomic E-state index is 12.0. The van der Waals surface area contributed by atoms with Gasteiger partial charge in [-0.3, -0.25) is 4.79 Å². The number of hydrogen-bond acceptors (Lipinski definition) is 6. The molecular weight excluding hydrogens is 376 g/mol. The highest BCUT2D eigenvalue weighted by atomic mass is 32.2. The number of carbonyl (C=O) groups excluding carboxylic acids is 1. The minimum absolute atomic E-state index is 0.229. The van der Waals surface area contributed by atoms with Gasteiger partial charge in [0.05, 0.1) is 0 Å². The minimum Gasteiger partial charge on any atom is -0.423 e. The quantitative estimate of drug-likeness (QED) is 0.306. The molecule has 0 radical (unpaired) electrons. The van der Waals surface area contributed by atoms with Gasteiger partial charge < -0.3 is 14.7 Å². The predicted molar refractivity (Wildman–Crippen MR) is 108 cm³/mol. The summed E-state index contributed by atoms with van der Waals surface area (Å²) < 4.78 is 7.25. The number of amides is 1. The van der Waals surface area contributed by atoms with Gasteiger partial charge in [0.2, 0.25) is 5.91 Å². The van der Waals surface area contributed by atoms with Crippen molar-refractivity contribution in [3.63, 3.8) is 0 Å². The number of aromatic nitrogens is 3. The summed E-state index contributed by atoms with van der Waals surface area (Å²) in [6, 6.07) is 13.3. The van der Waals surface area contributed by atoms with E-state index in [1.165, 1.54) is 17.8 Å². The van der Waals surface area contributed by atoms with Crippen molar-refractivity contribution in [3.05, 3.63) is 64.3 Å². The molecule has 0 spiro atoms. The first-order valence-electron chi connectivity index (χ1n) is 8.77. The standard InChI is InChI=1S/C20H18N4O3S/c1-24-17(9-8-16(21)25)22-23-20(24)28-11-13-10-18(26)27-15-7-6-12-4-2-3-5-14(12)19(13)15/h2-7,10H,8-9,11H2,1H3,(H2,21,25). The molecular formula is C20H18N4O3S. The van der Waals surface area contributed by atoms with Crippen LogP contribution in [0.4, 0.5) is 0 Å². The van der Waals surface area contributed by atoms with E-state index in [4.69, 9.17) is 10.2 Å². The van der Waals surface area contributed by atoms with E-state index >= 15 is 0 Å². The summed E-state index contributed by atoms with van der Waals surface area (Å²) in [5.74, 6) is 0.869. The number of rotatable bonds is 6. The van der Waals surface area contributed by atoms with Crippen molar-refractivity contribution in [2.24, 2.45) is 12.8 Å². The van der Waals surface area contributed by atoms with Gasteiger partial charge in [0.15, 0.2) is 5.16 Å². The molecule has 0 fully saturated rings. The van der Waals surface area contributed by atoms with Crippen molar-refractivity contribution >= 4 is 39.4 Å². The van der Waals surface area contributed by atoms with Gasteiger partial charge in [0, 0.05) is 37.1 Å². The molecule has 4 aromatic rings. The Labute approximate surface area is 164 Å². The van der Waals surface area contributed by atoms with Crippen molar-refractivity contribution < 1.29 is 9.21 Å². The number of hydrogen-bond donors (Lipinski definition) is 1. The van der Waals surface area contributed by atoms with Gasteiger partial charge in [-0.25, -0.2) is 4.79 Å². The second-order valence-corrected chi connectivity index (χ2v) is 7.41. The fraction of sp³-hybridized carbons (Fsp3) is 0.200. The first kappa shape index (κ1) is 18.2. The molecule has 0 saturated carbocycles. The molecule has 0 aliphatic heterocycles. The van der Waals surface area contributed by atoms with E-state index in [1.54, 1.807) is 0 Å². The number of thioether (sulfide) groups is 1. The summed E-state index contributed by atoms with van der Waals surface area (Å²) in [5, 5.41) is 12.1. The molecule has 8 heteroatoms. The molecule has 2 aromatic carbocycles. The van der Waals surface area contributed by atoms with Crippen LogP contribution in [0.15, 0.2) is 56.8 Å². The van der Waals surface area contributed by atoms with Crippen LogP contribution in [0.2, 0.25) is 0 Å². The molecule has 0 aliphatic carbocycles. The second-order valence-electron chi connectivity index (χ2n) is 6.46. The Balaban J connectivity index is 1.68. The van der Waals surface area contributed by atoms with Gasteiger partial charge in [-0.05, 0) is 22.4 Å². The molecule has 0 atom stereocenters. The van der Waals surface area contributed by atoms with E-state index in [9.17, 15) is 9.59 Å². The highest BCUT2D eigenvalue weighted by Crippen LogP contribution is 2.31. The van der Waals surface area contributed by atoms with Crippen molar-refractivity contribution in [3.8, 4) is 0 Å². The molecule has 142 valence electrons. The average molecular weight is 394 g/mol. The number of carbonyl (C=O) groups is 1. The molecule has 28 heavy (non-hydrogen) atoms. The third-order valence-electron chi connectivity index (χ3n) is 4.59. The van der Waals surface area contributed by atoms with Gasteiger partial charge in [0.25, 0.3) is 0 Å². The van der Waals surface area contributed by atoms with Crippen LogP contribution in [0.25, 0.3) is 21.7 Å². The smallest absolute Gasteiger partial charge is 0.336 e. The Morgan fingerprint density at radius 2 is 2.04 bits per heavy atom. The number of nitrogens with two attached hydrogens (primary N) is 1. The van der Waals surface area contributed by atoms with E-state index < -0.39 is 0 Å². The van der Waals surface area contributed by atoms with E-state index in [0.29, 0.717) is 28.7 Å². The molecule has 0 saturated heterocycles. The Kier molecular flexibility index (Phi) is 4.87. The maximum Gasteiger partial charge on any atom is 0.336 e. The highest BCUT2D eigenvalue weighted by molar-refractivity contribution is 7.98. The number of nitrogens with zero attached hydrogens (tertiary/aromatic N) is 3. The lowest BCUT2D eigenvalue weighted by Gasteiger charge is -2.08. The van der Waals surface area contributed by atoms with Gasteiger partial charge in [-0.1, -0.05) is 42.1 Å². The molecule has 2 aromatic heterocycles. The van der Waals surface area contributed by atoms with Gasteiger partial charge in [0.1, 0.15) is 11.4 Å². The molecule has 7 nitrogen and oxygen atoms in total. The summed E-state index contributed by atoms with van der Waals surface area (Å²) >= 11 is 1.48. The normalized spacial score (nSPS) is 11.3. The first-order chi connectivity index (χ1) is 13.5. The summed E-state index contributed by atoms with van der Waals surface area (Å²) in [6.45, 7) is 0. The van der Waals surface area contributed by atoms with Crippen LogP contribution >= 0.6 is 11.8 Å². The van der Waals surface area contributed by atoms with Crippen LogP contribution in [0, 0.1) is 0 Å². The first-order valence-corrected chi connectivity index (χ1v) is 9.75. The topological polar surface area (TPSA) is 104 Å². The van der Waals surface area contributed by atoms with Crippen molar-refractivity contribution in [2.75, 3.05) is 0 Å². The van der Waals surface area contributed by atoms with Crippen LogP contribution in [0.5, 0.6) is 0 Å². The van der Waals surface area contributed by atoms with Crippen molar-refractivity contribution in [1.82, 2.24) is 14.8 Å². The fourth-order valence-electron chi connectivity index (χ4n) is 3.20. The lowest BCUT2D eigenvalue weighted by Crippen LogP contribution is -2.12. The Morgan fingerprint density at radius 1 is 1.21 bits per heavy atom. The van der Waals surface area contributed by atoms with Gasteiger partial charge >= 0.3 is 5.63 Å². The van der Waals surface area contributed by atoms with E-state index in [1.807, 2.05) is 48.0 Å². The van der Waals surface area contributed by atoms with E-state index in [0.717, 1.165) is 21.7 Å².